The van der Waals surface area contributed by atoms with Gasteiger partial charge in [-0.05, 0) is 39.0 Å². The summed E-state index contributed by atoms with van der Waals surface area (Å²) in [6.07, 6.45) is 0.494. The number of nitrogens with zero attached hydrogens (tertiary/aromatic N) is 1. The molecule has 1 aromatic heterocycles. The Morgan fingerprint density at radius 3 is 2.42 bits per heavy atom. The lowest BCUT2D eigenvalue weighted by molar-refractivity contribution is 0.0636. The van der Waals surface area contributed by atoms with E-state index < -0.39 is 17.8 Å². The topological polar surface area (TPSA) is 89.6 Å². The second kappa shape index (κ2) is 7.78. The van der Waals surface area contributed by atoms with Gasteiger partial charge in [0.1, 0.15) is 12.2 Å². The van der Waals surface area contributed by atoms with Gasteiger partial charge in [0.15, 0.2) is 0 Å². The highest BCUT2D eigenvalue weighted by Gasteiger charge is 2.16. The third-order valence-electron chi connectivity index (χ3n) is 2.58. The minimum Gasteiger partial charge on any atom is -0.444 e. The van der Waals surface area contributed by atoms with E-state index in [0.717, 1.165) is 4.88 Å². The van der Waals surface area contributed by atoms with Gasteiger partial charge in [-0.15, -0.1) is 11.3 Å². The van der Waals surface area contributed by atoms with Crippen LogP contribution in [-0.2, 0) is 16.1 Å². The fourth-order valence-corrected chi connectivity index (χ4v) is 2.21. The van der Waals surface area contributed by atoms with E-state index in [1.54, 1.807) is 56.7 Å². The first kappa shape index (κ1) is 17.7. The Bertz CT molecular complexity index is 696. The molecule has 24 heavy (non-hydrogen) atoms. The lowest BCUT2D eigenvalue weighted by Crippen LogP contribution is -2.27. The van der Waals surface area contributed by atoms with Gasteiger partial charge in [-0.3, -0.25) is 15.6 Å². The standard InChI is InChI=1S/C16H19N3O4S/c1-16(2,3)23-15(21)19-12-6-4-5-11(7-12)18-14(20)22-9-13-8-17-10-24-13/h4-8,10H,9H2,1-3H3,(H,18,20)(H,19,21). The maximum atomic E-state index is 11.8. The number of carbonyl (C=O) groups excluding carboxylic acids is 2. The molecular weight excluding hydrogens is 330 g/mol. The first-order chi connectivity index (χ1) is 11.3. The van der Waals surface area contributed by atoms with E-state index in [9.17, 15) is 9.59 Å². The quantitative estimate of drug-likeness (QED) is 0.862. The fourth-order valence-electron chi connectivity index (χ4n) is 1.70. The van der Waals surface area contributed by atoms with Crippen molar-refractivity contribution >= 4 is 34.9 Å². The van der Waals surface area contributed by atoms with Crippen LogP contribution in [0.1, 0.15) is 25.6 Å². The van der Waals surface area contributed by atoms with Crippen molar-refractivity contribution in [3.05, 3.63) is 40.8 Å². The Morgan fingerprint density at radius 2 is 1.83 bits per heavy atom. The molecule has 128 valence electrons. The predicted octanol–water partition coefficient (Wildman–Crippen LogP) is 4.24. The predicted molar refractivity (Wildman–Crippen MR) is 92.2 cm³/mol. The van der Waals surface area contributed by atoms with Crippen LogP contribution >= 0.6 is 11.3 Å². The summed E-state index contributed by atoms with van der Waals surface area (Å²) in [7, 11) is 0. The summed E-state index contributed by atoms with van der Waals surface area (Å²) in [6, 6.07) is 6.69. The van der Waals surface area contributed by atoms with E-state index in [2.05, 4.69) is 15.6 Å². The normalized spacial score (nSPS) is 10.8. The maximum Gasteiger partial charge on any atom is 0.412 e. The summed E-state index contributed by atoms with van der Waals surface area (Å²) in [6.45, 7) is 5.50. The molecule has 0 radical (unpaired) electrons. The zero-order valence-electron chi connectivity index (χ0n) is 13.7. The molecule has 0 aliphatic rings. The lowest BCUT2D eigenvalue weighted by atomic mass is 10.2. The van der Waals surface area contributed by atoms with Crippen molar-refractivity contribution in [3.63, 3.8) is 0 Å². The summed E-state index contributed by atoms with van der Waals surface area (Å²) in [4.78, 5) is 28.3. The Labute approximate surface area is 144 Å². The van der Waals surface area contributed by atoms with E-state index in [1.165, 1.54) is 11.3 Å². The molecule has 8 heteroatoms. The number of aromatic nitrogens is 1. The molecule has 0 bridgehead atoms. The molecule has 2 amide bonds. The minimum atomic E-state index is -0.585. The van der Waals surface area contributed by atoms with Crippen LogP contribution in [-0.4, -0.2) is 22.8 Å². The van der Waals surface area contributed by atoms with Crippen LogP contribution in [0.15, 0.2) is 36.0 Å². The van der Waals surface area contributed by atoms with Gasteiger partial charge in [-0.1, -0.05) is 6.07 Å². The van der Waals surface area contributed by atoms with E-state index in [-0.39, 0.29) is 6.61 Å². The van der Waals surface area contributed by atoms with E-state index in [4.69, 9.17) is 9.47 Å². The zero-order chi connectivity index (χ0) is 17.6. The van der Waals surface area contributed by atoms with Crippen molar-refractivity contribution in [3.8, 4) is 0 Å². The van der Waals surface area contributed by atoms with Crippen molar-refractivity contribution in [2.24, 2.45) is 0 Å². The van der Waals surface area contributed by atoms with Crippen LogP contribution in [0.4, 0.5) is 21.0 Å². The molecule has 2 rings (SSSR count). The van der Waals surface area contributed by atoms with Crippen LogP contribution < -0.4 is 10.6 Å². The van der Waals surface area contributed by atoms with Gasteiger partial charge >= 0.3 is 12.2 Å². The number of anilines is 2. The lowest BCUT2D eigenvalue weighted by Gasteiger charge is -2.19. The number of hydrogen-bond acceptors (Lipinski definition) is 6. The van der Waals surface area contributed by atoms with Crippen LogP contribution in [0.25, 0.3) is 0 Å². The van der Waals surface area contributed by atoms with Crippen LogP contribution in [0.5, 0.6) is 0 Å². The number of hydrogen-bond donors (Lipinski definition) is 2. The Kier molecular flexibility index (Phi) is 5.75. The highest BCUT2D eigenvalue weighted by atomic mass is 32.1. The van der Waals surface area contributed by atoms with Crippen LogP contribution in [0.2, 0.25) is 0 Å². The monoisotopic (exact) mass is 349 g/mol. The molecule has 0 aliphatic carbocycles. The minimum absolute atomic E-state index is 0.159. The van der Waals surface area contributed by atoms with Gasteiger partial charge in [0.2, 0.25) is 0 Å². The summed E-state index contributed by atoms with van der Waals surface area (Å²) in [5, 5.41) is 5.20. The molecule has 2 N–H and O–H groups in total. The van der Waals surface area contributed by atoms with Gasteiger partial charge in [0.25, 0.3) is 0 Å². The third-order valence-corrected chi connectivity index (χ3v) is 3.34. The first-order valence-electron chi connectivity index (χ1n) is 7.23. The Hall–Kier alpha value is -2.61. The van der Waals surface area contributed by atoms with Gasteiger partial charge in [0.05, 0.1) is 10.4 Å². The molecule has 0 saturated carbocycles. The first-order valence-corrected chi connectivity index (χ1v) is 8.11. The van der Waals surface area contributed by atoms with Crippen molar-refractivity contribution in [1.29, 1.82) is 0 Å². The Balaban J connectivity index is 1.87. The molecule has 1 aromatic carbocycles. The Morgan fingerprint density at radius 1 is 1.17 bits per heavy atom. The SMILES string of the molecule is CC(C)(C)OC(=O)Nc1cccc(NC(=O)OCc2cncs2)c1. The largest absolute Gasteiger partial charge is 0.444 e. The number of carbonyl (C=O) groups is 2. The maximum absolute atomic E-state index is 11.8. The average Bonchev–Trinajstić information content (AvgIpc) is 2.96. The molecule has 0 atom stereocenters. The smallest absolute Gasteiger partial charge is 0.412 e. The van der Waals surface area contributed by atoms with Crippen molar-refractivity contribution in [2.75, 3.05) is 10.6 Å². The third kappa shape index (κ3) is 6.25. The van der Waals surface area contributed by atoms with Crippen molar-refractivity contribution in [2.45, 2.75) is 33.0 Å². The van der Waals surface area contributed by atoms with Gasteiger partial charge in [-0.25, -0.2) is 9.59 Å². The molecule has 7 nitrogen and oxygen atoms in total. The number of rotatable bonds is 4. The van der Waals surface area contributed by atoms with E-state index in [1.807, 2.05) is 0 Å². The van der Waals surface area contributed by atoms with Crippen LogP contribution in [0, 0.1) is 0 Å². The number of amides is 2. The number of benzene rings is 1. The number of thiazole rings is 1. The molecule has 0 saturated heterocycles. The molecule has 0 aliphatic heterocycles. The fraction of sp³-hybridized carbons (Fsp3) is 0.312. The van der Waals surface area contributed by atoms with Crippen molar-refractivity contribution < 1.29 is 19.1 Å². The zero-order valence-corrected chi connectivity index (χ0v) is 14.5. The molecule has 0 spiro atoms. The molecular formula is C16H19N3O4S. The number of nitrogens with one attached hydrogen (secondary N) is 2. The van der Waals surface area contributed by atoms with Gasteiger partial charge < -0.3 is 9.47 Å². The van der Waals surface area contributed by atoms with Crippen molar-refractivity contribution in [1.82, 2.24) is 4.98 Å². The van der Waals surface area contributed by atoms with Gasteiger partial charge in [0, 0.05) is 17.6 Å². The number of ether oxygens (including phenoxy) is 2. The molecule has 1 heterocycles. The summed E-state index contributed by atoms with van der Waals surface area (Å²) in [5.74, 6) is 0. The highest BCUT2D eigenvalue weighted by molar-refractivity contribution is 7.09. The van der Waals surface area contributed by atoms with Crippen LogP contribution in [0.3, 0.4) is 0 Å². The second-order valence-electron chi connectivity index (χ2n) is 5.88. The summed E-state index contributed by atoms with van der Waals surface area (Å²) >= 11 is 1.41. The molecule has 0 fully saturated rings. The summed E-state index contributed by atoms with van der Waals surface area (Å²) in [5.41, 5.74) is 2.09. The molecule has 0 unspecified atom stereocenters. The summed E-state index contributed by atoms with van der Waals surface area (Å²) < 4.78 is 10.3. The second-order valence-corrected chi connectivity index (χ2v) is 6.85. The average molecular weight is 349 g/mol. The van der Waals surface area contributed by atoms with Gasteiger partial charge in [-0.2, -0.15) is 0 Å². The molecule has 2 aromatic rings. The van der Waals surface area contributed by atoms with E-state index in [0.29, 0.717) is 11.4 Å². The highest BCUT2D eigenvalue weighted by Crippen LogP contribution is 2.17. The van der Waals surface area contributed by atoms with E-state index >= 15 is 0 Å².